The van der Waals surface area contributed by atoms with E-state index < -0.39 is 6.10 Å². The first-order valence-corrected chi connectivity index (χ1v) is 7.49. The maximum absolute atomic E-state index is 9.82. The highest BCUT2D eigenvalue weighted by Gasteiger charge is 2.06. The van der Waals surface area contributed by atoms with E-state index >= 15 is 0 Å². The third-order valence-electron chi connectivity index (χ3n) is 2.72. The molecular formula is C14H18BrN3O3. The van der Waals surface area contributed by atoms with Crippen molar-refractivity contribution in [1.29, 1.82) is 0 Å². The minimum atomic E-state index is -0.571. The van der Waals surface area contributed by atoms with Gasteiger partial charge in [-0.25, -0.2) is 0 Å². The Morgan fingerprint density at radius 2 is 2.14 bits per heavy atom. The van der Waals surface area contributed by atoms with Crippen molar-refractivity contribution < 1.29 is 14.4 Å². The van der Waals surface area contributed by atoms with Crippen LogP contribution < -0.4 is 10.1 Å². The van der Waals surface area contributed by atoms with Gasteiger partial charge in [0.15, 0.2) is 5.82 Å². The second-order valence-electron chi connectivity index (χ2n) is 4.61. The zero-order valence-electron chi connectivity index (χ0n) is 11.8. The zero-order chi connectivity index (χ0) is 15.1. The maximum Gasteiger partial charge on any atom is 0.227 e. The van der Waals surface area contributed by atoms with E-state index in [1.54, 1.807) is 6.92 Å². The lowest BCUT2D eigenvalue weighted by molar-refractivity contribution is 0.106. The molecule has 0 saturated heterocycles. The van der Waals surface area contributed by atoms with Crippen molar-refractivity contribution in [2.24, 2.45) is 0 Å². The first-order chi connectivity index (χ1) is 10.1. The summed E-state index contributed by atoms with van der Waals surface area (Å²) in [5.74, 6) is 1.96. The molecule has 7 heteroatoms. The van der Waals surface area contributed by atoms with E-state index in [4.69, 9.17) is 9.26 Å². The quantitative estimate of drug-likeness (QED) is 0.701. The van der Waals surface area contributed by atoms with Gasteiger partial charge in [0.05, 0.1) is 0 Å². The normalized spacial score (nSPS) is 12.3. The Balaban J connectivity index is 1.59. The molecule has 0 spiro atoms. The van der Waals surface area contributed by atoms with Crippen molar-refractivity contribution in [2.45, 2.75) is 19.4 Å². The number of aliphatic hydroxyl groups is 1. The van der Waals surface area contributed by atoms with Crippen LogP contribution in [-0.4, -0.2) is 41.0 Å². The molecule has 1 aromatic heterocycles. The SMILES string of the molecule is Cc1noc(CCNCC(O)COc2ccc(Br)cc2)n1. The van der Waals surface area contributed by atoms with E-state index in [1.807, 2.05) is 24.3 Å². The van der Waals surface area contributed by atoms with Crippen molar-refractivity contribution in [3.05, 3.63) is 40.5 Å². The molecule has 21 heavy (non-hydrogen) atoms. The Morgan fingerprint density at radius 1 is 1.38 bits per heavy atom. The van der Waals surface area contributed by atoms with Crippen molar-refractivity contribution in [3.8, 4) is 5.75 Å². The highest BCUT2D eigenvalue weighted by Crippen LogP contribution is 2.16. The number of aliphatic hydroxyl groups excluding tert-OH is 1. The Kier molecular flexibility index (Phi) is 6.16. The van der Waals surface area contributed by atoms with Gasteiger partial charge >= 0.3 is 0 Å². The monoisotopic (exact) mass is 355 g/mol. The van der Waals surface area contributed by atoms with Crippen molar-refractivity contribution in [2.75, 3.05) is 19.7 Å². The van der Waals surface area contributed by atoms with Crippen LogP contribution in [0.4, 0.5) is 0 Å². The number of benzene rings is 1. The molecule has 0 aliphatic heterocycles. The first-order valence-electron chi connectivity index (χ1n) is 6.70. The number of hydrogen-bond acceptors (Lipinski definition) is 6. The van der Waals surface area contributed by atoms with Gasteiger partial charge in [0.25, 0.3) is 0 Å². The number of aryl methyl sites for hydroxylation is 1. The predicted octanol–water partition coefficient (Wildman–Crippen LogP) is 1.71. The van der Waals surface area contributed by atoms with Gasteiger partial charge < -0.3 is 19.7 Å². The highest BCUT2D eigenvalue weighted by molar-refractivity contribution is 9.10. The van der Waals surface area contributed by atoms with E-state index in [1.165, 1.54) is 0 Å². The van der Waals surface area contributed by atoms with E-state index in [9.17, 15) is 5.11 Å². The summed E-state index contributed by atoms with van der Waals surface area (Å²) in [5.41, 5.74) is 0. The number of hydrogen-bond donors (Lipinski definition) is 2. The summed E-state index contributed by atoms with van der Waals surface area (Å²) in [6.07, 6.45) is 0.0688. The van der Waals surface area contributed by atoms with Gasteiger partial charge in [0.1, 0.15) is 18.5 Å². The third-order valence-corrected chi connectivity index (χ3v) is 3.25. The Morgan fingerprint density at radius 3 is 2.81 bits per heavy atom. The van der Waals surface area contributed by atoms with Crippen LogP contribution in [0.1, 0.15) is 11.7 Å². The number of ether oxygens (including phenoxy) is 1. The van der Waals surface area contributed by atoms with Crippen molar-refractivity contribution >= 4 is 15.9 Å². The standard InChI is InChI=1S/C14H18BrN3O3/c1-10-17-14(21-18-10)6-7-16-8-12(19)9-20-13-4-2-11(15)3-5-13/h2-5,12,16,19H,6-9H2,1H3. The van der Waals surface area contributed by atoms with Crippen LogP contribution in [0.25, 0.3) is 0 Å². The van der Waals surface area contributed by atoms with Crippen LogP contribution >= 0.6 is 15.9 Å². The summed E-state index contributed by atoms with van der Waals surface area (Å²) in [7, 11) is 0. The van der Waals surface area contributed by atoms with Gasteiger partial charge in [-0.05, 0) is 31.2 Å². The van der Waals surface area contributed by atoms with E-state index in [-0.39, 0.29) is 6.61 Å². The number of rotatable bonds is 8. The number of halogens is 1. The summed E-state index contributed by atoms with van der Waals surface area (Å²) in [6, 6.07) is 7.49. The van der Waals surface area contributed by atoms with Crippen LogP contribution in [0.2, 0.25) is 0 Å². The lowest BCUT2D eigenvalue weighted by Crippen LogP contribution is -2.32. The molecule has 0 fully saturated rings. The lowest BCUT2D eigenvalue weighted by atomic mass is 10.3. The van der Waals surface area contributed by atoms with E-state index in [2.05, 4.69) is 31.4 Å². The summed E-state index contributed by atoms with van der Waals surface area (Å²) in [4.78, 5) is 4.10. The molecule has 0 aliphatic carbocycles. The molecule has 0 radical (unpaired) electrons. The molecular weight excluding hydrogens is 338 g/mol. The maximum atomic E-state index is 9.82. The second-order valence-corrected chi connectivity index (χ2v) is 5.52. The molecule has 2 rings (SSSR count). The van der Waals surface area contributed by atoms with E-state index in [0.29, 0.717) is 31.2 Å². The van der Waals surface area contributed by atoms with Crippen LogP contribution in [0, 0.1) is 6.92 Å². The molecule has 1 aromatic carbocycles. The molecule has 1 atom stereocenters. The Bertz CT molecular complexity index is 545. The van der Waals surface area contributed by atoms with Gasteiger partial charge in [0, 0.05) is 24.0 Å². The third kappa shape index (κ3) is 5.82. The number of nitrogens with zero attached hydrogens (tertiary/aromatic N) is 2. The summed E-state index contributed by atoms with van der Waals surface area (Å²) in [6.45, 7) is 3.14. The highest BCUT2D eigenvalue weighted by atomic mass is 79.9. The molecule has 0 bridgehead atoms. The molecule has 0 amide bonds. The molecule has 0 aliphatic rings. The lowest BCUT2D eigenvalue weighted by Gasteiger charge is -2.13. The summed E-state index contributed by atoms with van der Waals surface area (Å²) in [5, 5.41) is 16.7. The van der Waals surface area contributed by atoms with Gasteiger partial charge in [-0.2, -0.15) is 4.98 Å². The van der Waals surface area contributed by atoms with Crippen LogP contribution in [0.5, 0.6) is 5.75 Å². The van der Waals surface area contributed by atoms with Crippen molar-refractivity contribution in [1.82, 2.24) is 15.5 Å². The summed E-state index contributed by atoms with van der Waals surface area (Å²) >= 11 is 3.36. The fourth-order valence-corrected chi connectivity index (χ4v) is 1.95. The fourth-order valence-electron chi connectivity index (χ4n) is 1.69. The second kappa shape index (κ2) is 8.11. The molecule has 114 valence electrons. The summed E-state index contributed by atoms with van der Waals surface area (Å²) < 4.78 is 11.5. The van der Waals surface area contributed by atoms with Gasteiger partial charge in [-0.3, -0.25) is 0 Å². The Labute approximate surface area is 131 Å². The minimum absolute atomic E-state index is 0.244. The fraction of sp³-hybridized carbons (Fsp3) is 0.429. The number of nitrogens with one attached hydrogen (secondary N) is 1. The number of aromatic nitrogens is 2. The van der Waals surface area contributed by atoms with Gasteiger partial charge in [-0.1, -0.05) is 21.1 Å². The molecule has 1 unspecified atom stereocenters. The largest absolute Gasteiger partial charge is 0.491 e. The predicted molar refractivity (Wildman–Crippen MR) is 81.3 cm³/mol. The van der Waals surface area contributed by atoms with Gasteiger partial charge in [-0.15, -0.1) is 0 Å². The van der Waals surface area contributed by atoms with Crippen LogP contribution in [0.3, 0.4) is 0 Å². The molecule has 2 aromatic rings. The molecule has 2 N–H and O–H groups in total. The zero-order valence-corrected chi connectivity index (χ0v) is 13.3. The van der Waals surface area contributed by atoms with Gasteiger partial charge in [0.2, 0.25) is 5.89 Å². The van der Waals surface area contributed by atoms with Crippen LogP contribution in [-0.2, 0) is 6.42 Å². The first kappa shape index (κ1) is 15.9. The average Bonchev–Trinajstić information content (AvgIpc) is 2.89. The smallest absolute Gasteiger partial charge is 0.227 e. The Hall–Kier alpha value is -1.44. The molecule has 0 saturated carbocycles. The van der Waals surface area contributed by atoms with Crippen LogP contribution in [0.15, 0.2) is 33.3 Å². The van der Waals surface area contributed by atoms with E-state index in [0.717, 1.165) is 10.2 Å². The minimum Gasteiger partial charge on any atom is -0.491 e. The molecule has 1 heterocycles. The molecule has 6 nitrogen and oxygen atoms in total. The average molecular weight is 356 g/mol. The van der Waals surface area contributed by atoms with Crippen molar-refractivity contribution in [3.63, 3.8) is 0 Å². The topological polar surface area (TPSA) is 80.4 Å².